The lowest BCUT2D eigenvalue weighted by Crippen LogP contribution is -2.19. The summed E-state index contributed by atoms with van der Waals surface area (Å²) in [6, 6.07) is 0. The van der Waals surface area contributed by atoms with Gasteiger partial charge in [-0.25, -0.2) is 0 Å². The van der Waals surface area contributed by atoms with Crippen LogP contribution in [0.4, 0.5) is 0 Å². The summed E-state index contributed by atoms with van der Waals surface area (Å²) in [4.78, 5) is -0.208. The Kier molecular flexibility index (Phi) is 3.03. The second-order valence-corrected chi connectivity index (χ2v) is 4.17. The largest absolute Gasteiger partial charge is 0.114 e. The fourth-order valence-corrected chi connectivity index (χ4v) is 2.10. The van der Waals surface area contributed by atoms with Gasteiger partial charge in [-0.1, -0.05) is 37.1 Å². The van der Waals surface area contributed by atoms with Crippen molar-refractivity contribution in [2.75, 3.05) is 0 Å². The van der Waals surface area contributed by atoms with Crippen LogP contribution in [0.25, 0.3) is 0 Å². The first-order valence-corrected chi connectivity index (χ1v) is 4.65. The topological polar surface area (TPSA) is 0 Å². The molecule has 0 radical (unpaired) electrons. The standard InChI is InChI=1S/C9H12Cl2/c1-2-5-9(11)6-3-4-8(10)7-9/h3-4,6H,2,5,7H2,1H3. The molecule has 0 saturated carbocycles. The van der Waals surface area contributed by atoms with E-state index in [1.807, 2.05) is 18.2 Å². The molecule has 62 valence electrons. The van der Waals surface area contributed by atoms with Crippen molar-refractivity contribution in [2.45, 2.75) is 31.1 Å². The van der Waals surface area contributed by atoms with E-state index in [4.69, 9.17) is 23.2 Å². The Morgan fingerprint density at radius 1 is 1.64 bits per heavy atom. The zero-order valence-electron chi connectivity index (χ0n) is 6.61. The van der Waals surface area contributed by atoms with Crippen molar-refractivity contribution >= 4 is 23.2 Å². The highest BCUT2D eigenvalue weighted by atomic mass is 35.5. The molecule has 11 heavy (non-hydrogen) atoms. The molecule has 0 saturated heterocycles. The van der Waals surface area contributed by atoms with Crippen molar-refractivity contribution in [3.63, 3.8) is 0 Å². The maximum absolute atomic E-state index is 6.26. The van der Waals surface area contributed by atoms with E-state index in [-0.39, 0.29) is 4.87 Å². The predicted molar refractivity (Wildman–Crippen MR) is 51.2 cm³/mol. The Bertz CT molecular complexity index is 194. The predicted octanol–water partition coefficient (Wildman–Crippen LogP) is 3.85. The third kappa shape index (κ3) is 2.53. The van der Waals surface area contributed by atoms with E-state index in [9.17, 15) is 0 Å². The summed E-state index contributed by atoms with van der Waals surface area (Å²) in [5.74, 6) is 0. The fourth-order valence-electron chi connectivity index (χ4n) is 1.31. The van der Waals surface area contributed by atoms with E-state index in [0.29, 0.717) is 0 Å². The summed E-state index contributed by atoms with van der Waals surface area (Å²) in [6.45, 7) is 2.13. The molecular formula is C9H12Cl2. The lowest BCUT2D eigenvalue weighted by Gasteiger charge is -2.24. The number of allylic oxidation sites excluding steroid dienone is 4. The minimum absolute atomic E-state index is 0.208. The quantitative estimate of drug-likeness (QED) is 0.581. The second-order valence-electron chi connectivity index (χ2n) is 2.93. The smallest absolute Gasteiger partial charge is 0.0677 e. The van der Waals surface area contributed by atoms with Gasteiger partial charge in [0.2, 0.25) is 0 Å². The second kappa shape index (κ2) is 3.64. The summed E-state index contributed by atoms with van der Waals surface area (Å²) in [6.07, 6.45) is 8.74. The van der Waals surface area contributed by atoms with E-state index in [0.717, 1.165) is 24.3 Å². The highest BCUT2D eigenvalue weighted by Crippen LogP contribution is 2.34. The first-order chi connectivity index (χ1) is 5.16. The van der Waals surface area contributed by atoms with E-state index < -0.39 is 0 Å². The molecule has 1 aliphatic carbocycles. The maximum atomic E-state index is 6.26. The highest BCUT2D eigenvalue weighted by Gasteiger charge is 2.25. The Labute approximate surface area is 77.9 Å². The van der Waals surface area contributed by atoms with Crippen LogP contribution in [0.15, 0.2) is 23.3 Å². The monoisotopic (exact) mass is 190 g/mol. The van der Waals surface area contributed by atoms with Crippen LogP contribution in [0.2, 0.25) is 0 Å². The summed E-state index contributed by atoms with van der Waals surface area (Å²) in [5.41, 5.74) is 0. The van der Waals surface area contributed by atoms with Gasteiger partial charge in [0, 0.05) is 11.5 Å². The molecule has 0 nitrogen and oxygen atoms in total. The summed E-state index contributed by atoms with van der Waals surface area (Å²) < 4.78 is 0. The van der Waals surface area contributed by atoms with Crippen molar-refractivity contribution in [3.05, 3.63) is 23.3 Å². The number of rotatable bonds is 2. The molecule has 2 heteroatoms. The molecule has 0 aromatic rings. The lowest BCUT2D eigenvalue weighted by atomic mass is 9.95. The fraction of sp³-hybridized carbons (Fsp3) is 0.556. The Hall–Kier alpha value is 0.0600. The Morgan fingerprint density at radius 3 is 2.91 bits per heavy atom. The molecule has 0 spiro atoms. The minimum atomic E-state index is -0.208. The molecule has 0 aromatic heterocycles. The van der Waals surface area contributed by atoms with Crippen molar-refractivity contribution < 1.29 is 0 Å². The van der Waals surface area contributed by atoms with Gasteiger partial charge in [0.1, 0.15) is 0 Å². The SMILES string of the molecule is CCCC1(Cl)C=CC=C(Cl)C1. The molecule has 0 N–H and O–H groups in total. The van der Waals surface area contributed by atoms with Gasteiger partial charge in [-0.15, -0.1) is 11.6 Å². The summed E-state index contributed by atoms with van der Waals surface area (Å²) in [7, 11) is 0. The number of halogens is 2. The number of hydrogen-bond acceptors (Lipinski definition) is 0. The van der Waals surface area contributed by atoms with Crippen molar-refractivity contribution in [1.29, 1.82) is 0 Å². The molecule has 0 amide bonds. The van der Waals surface area contributed by atoms with Crippen LogP contribution in [0, 0.1) is 0 Å². The van der Waals surface area contributed by atoms with Crippen LogP contribution in [-0.2, 0) is 0 Å². The summed E-state index contributed by atoms with van der Waals surface area (Å²) >= 11 is 12.1. The molecule has 0 aliphatic heterocycles. The van der Waals surface area contributed by atoms with Gasteiger partial charge in [-0.05, 0) is 12.5 Å². The minimum Gasteiger partial charge on any atom is -0.114 e. The van der Waals surface area contributed by atoms with Gasteiger partial charge in [-0.2, -0.15) is 0 Å². The van der Waals surface area contributed by atoms with E-state index >= 15 is 0 Å². The van der Waals surface area contributed by atoms with Gasteiger partial charge in [0.25, 0.3) is 0 Å². The molecular weight excluding hydrogens is 179 g/mol. The maximum Gasteiger partial charge on any atom is 0.0677 e. The van der Waals surface area contributed by atoms with Crippen molar-refractivity contribution in [2.24, 2.45) is 0 Å². The van der Waals surface area contributed by atoms with Crippen molar-refractivity contribution in [3.8, 4) is 0 Å². The van der Waals surface area contributed by atoms with E-state index in [1.54, 1.807) is 0 Å². The molecule has 0 heterocycles. The lowest BCUT2D eigenvalue weighted by molar-refractivity contribution is 0.617. The molecule has 0 aromatic carbocycles. The third-order valence-electron chi connectivity index (χ3n) is 1.80. The van der Waals surface area contributed by atoms with Crippen LogP contribution in [-0.4, -0.2) is 4.87 Å². The van der Waals surface area contributed by atoms with Gasteiger partial charge >= 0.3 is 0 Å². The normalized spacial score (nSPS) is 30.3. The average molecular weight is 191 g/mol. The highest BCUT2D eigenvalue weighted by molar-refractivity contribution is 6.32. The molecule has 0 fully saturated rings. The van der Waals surface area contributed by atoms with Crippen LogP contribution in [0.5, 0.6) is 0 Å². The third-order valence-corrected chi connectivity index (χ3v) is 2.51. The van der Waals surface area contributed by atoms with Gasteiger partial charge < -0.3 is 0 Å². The zero-order valence-corrected chi connectivity index (χ0v) is 8.12. The molecule has 0 bridgehead atoms. The first kappa shape index (κ1) is 9.15. The number of alkyl halides is 1. The van der Waals surface area contributed by atoms with E-state index in [1.165, 1.54) is 0 Å². The van der Waals surface area contributed by atoms with Crippen LogP contribution in [0.1, 0.15) is 26.2 Å². The van der Waals surface area contributed by atoms with Crippen LogP contribution >= 0.6 is 23.2 Å². The van der Waals surface area contributed by atoms with Crippen LogP contribution < -0.4 is 0 Å². The van der Waals surface area contributed by atoms with Gasteiger partial charge in [0.05, 0.1) is 4.87 Å². The van der Waals surface area contributed by atoms with Gasteiger partial charge in [0.15, 0.2) is 0 Å². The average Bonchev–Trinajstić information content (AvgIpc) is 1.86. The molecule has 1 atom stereocenters. The Morgan fingerprint density at radius 2 is 2.36 bits per heavy atom. The van der Waals surface area contributed by atoms with Crippen molar-refractivity contribution in [1.82, 2.24) is 0 Å². The zero-order chi connectivity index (χ0) is 8.32. The molecule has 1 aliphatic rings. The molecule has 1 unspecified atom stereocenters. The number of hydrogen-bond donors (Lipinski definition) is 0. The summed E-state index contributed by atoms with van der Waals surface area (Å²) in [5, 5.41) is 0.857. The van der Waals surface area contributed by atoms with E-state index in [2.05, 4.69) is 6.92 Å². The van der Waals surface area contributed by atoms with Crippen LogP contribution in [0.3, 0.4) is 0 Å². The first-order valence-electron chi connectivity index (χ1n) is 3.89. The Balaban J connectivity index is 2.62. The van der Waals surface area contributed by atoms with Gasteiger partial charge in [-0.3, -0.25) is 0 Å². The molecule has 1 rings (SSSR count).